The molecule has 0 unspecified atom stereocenters. The fourth-order valence-electron chi connectivity index (χ4n) is 2.04. The number of carbonyl (C=O) groups excluding carboxylic acids is 1. The van der Waals surface area contributed by atoms with E-state index in [0.29, 0.717) is 6.54 Å². The van der Waals surface area contributed by atoms with Crippen molar-refractivity contribution >= 4 is 5.91 Å². The van der Waals surface area contributed by atoms with Crippen LogP contribution in [0.4, 0.5) is 0 Å². The highest BCUT2D eigenvalue weighted by Gasteiger charge is 2.12. The number of hydrogen-bond donors (Lipinski definition) is 1. The van der Waals surface area contributed by atoms with E-state index in [1.54, 1.807) is 0 Å². The third-order valence-electron chi connectivity index (χ3n) is 2.77. The van der Waals surface area contributed by atoms with Crippen LogP contribution in [0, 0.1) is 0 Å². The standard InChI is InChI=1S/C12H24N2O/c1-11(2)13-12(15)10-14-8-6-4-3-5-7-9-14/h11H,3-10H2,1-2H3,(H,13,15). The van der Waals surface area contributed by atoms with Gasteiger partial charge in [-0.05, 0) is 39.8 Å². The zero-order valence-electron chi connectivity index (χ0n) is 10.1. The summed E-state index contributed by atoms with van der Waals surface area (Å²) in [7, 11) is 0. The van der Waals surface area contributed by atoms with Gasteiger partial charge in [0.15, 0.2) is 0 Å². The van der Waals surface area contributed by atoms with E-state index in [0.717, 1.165) is 13.1 Å². The maximum Gasteiger partial charge on any atom is 0.234 e. The molecule has 1 saturated heterocycles. The third kappa shape index (κ3) is 5.78. The number of hydrogen-bond acceptors (Lipinski definition) is 2. The van der Waals surface area contributed by atoms with E-state index in [4.69, 9.17) is 0 Å². The van der Waals surface area contributed by atoms with E-state index in [-0.39, 0.29) is 11.9 Å². The molecule has 1 heterocycles. The Kier molecular flexibility index (Phi) is 5.69. The predicted octanol–water partition coefficient (Wildman–Crippen LogP) is 1.78. The Morgan fingerprint density at radius 2 is 1.67 bits per heavy atom. The minimum Gasteiger partial charge on any atom is -0.353 e. The van der Waals surface area contributed by atoms with Gasteiger partial charge in [-0.1, -0.05) is 19.3 Å². The lowest BCUT2D eigenvalue weighted by molar-refractivity contribution is -0.122. The Bertz CT molecular complexity index is 184. The van der Waals surface area contributed by atoms with Crippen LogP contribution in [0.15, 0.2) is 0 Å². The van der Waals surface area contributed by atoms with Crippen LogP contribution in [0.3, 0.4) is 0 Å². The van der Waals surface area contributed by atoms with Gasteiger partial charge in [-0.15, -0.1) is 0 Å². The van der Waals surface area contributed by atoms with Crippen molar-refractivity contribution in [2.45, 2.75) is 52.0 Å². The summed E-state index contributed by atoms with van der Waals surface area (Å²) >= 11 is 0. The summed E-state index contributed by atoms with van der Waals surface area (Å²) in [5.74, 6) is 0.172. The number of carbonyl (C=O) groups is 1. The van der Waals surface area contributed by atoms with Crippen molar-refractivity contribution < 1.29 is 4.79 Å². The smallest absolute Gasteiger partial charge is 0.234 e. The average Bonchev–Trinajstić information content (AvgIpc) is 2.08. The molecule has 0 radical (unpaired) electrons. The van der Waals surface area contributed by atoms with Gasteiger partial charge in [0, 0.05) is 6.04 Å². The lowest BCUT2D eigenvalue weighted by Gasteiger charge is -2.24. The molecule has 88 valence electrons. The number of rotatable bonds is 3. The number of likely N-dealkylation sites (tertiary alicyclic amines) is 1. The lowest BCUT2D eigenvalue weighted by Crippen LogP contribution is -2.41. The van der Waals surface area contributed by atoms with Gasteiger partial charge < -0.3 is 5.32 Å². The van der Waals surface area contributed by atoms with E-state index in [2.05, 4.69) is 10.2 Å². The highest BCUT2D eigenvalue weighted by Crippen LogP contribution is 2.09. The van der Waals surface area contributed by atoms with Gasteiger partial charge in [0.1, 0.15) is 0 Å². The van der Waals surface area contributed by atoms with Crippen LogP contribution < -0.4 is 5.32 Å². The van der Waals surface area contributed by atoms with Crippen molar-refractivity contribution in [2.75, 3.05) is 19.6 Å². The van der Waals surface area contributed by atoms with Gasteiger partial charge in [-0.2, -0.15) is 0 Å². The van der Waals surface area contributed by atoms with Gasteiger partial charge in [-0.3, -0.25) is 9.69 Å². The van der Waals surface area contributed by atoms with Crippen LogP contribution >= 0.6 is 0 Å². The molecule has 3 nitrogen and oxygen atoms in total. The molecule has 1 N–H and O–H groups in total. The molecular weight excluding hydrogens is 188 g/mol. The minimum absolute atomic E-state index is 0.172. The zero-order valence-corrected chi connectivity index (χ0v) is 10.1. The Morgan fingerprint density at radius 1 is 1.13 bits per heavy atom. The summed E-state index contributed by atoms with van der Waals surface area (Å²) in [6, 6.07) is 0.257. The molecule has 1 aliphatic heterocycles. The summed E-state index contributed by atoms with van der Waals surface area (Å²) in [6.07, 6.45) is 6.50. The number of nitrogens with zero attached hydrogens (tertiary/aromatic N) is 1. The molecule has 0 atom stereocenters. The Labute approximate surface area is 93.2 Å². The lowest BCUT2D eigenvalue weighted by atomic mass is 10.1. The van der Waals surface area contributed by atoms with Crippen LogP contribution in [0.25, 0.3) is 0 Å². The summed E-state index contributed by atoms with van der Waals surface area (Å²) in [5, 5.41) is 2.95. The molecule has 0 aromatic carbocycles. The van der Waals surface area contributed by atoms with Crippen molar-refractivity contribution in [3.63, 3.8) is 0 Å². The quantitative estimate of drug-likeness (QED) is 0.773. The van der Waals surface area contributed by atoms with E-state index in [1.807, 2.05) is 13.8 Å². The van der Waals surface area contributed by atoms with Gasteiger partial charge in [0.25, 0.3) is 0 Å². The number of amides is 1. The Balaban J connectivity index is 2.25. The molecule has 0 bridgehead atoms. The average molecular weight is 212 g/mol. The van der Waals surface area contributed by atoms with Crippen LogP contribution in [0.1, 0.15) is 46.0 Å². The Hall–Kier alpha value is -0.570. The topological polar surface area (TPSA) is 32.3 Å². The predicted molar refractivity (Wildman–Crippen MR) is 62.8 cm³/mol. The maximum absolute atomic E-state index is 11.6. The molecule has 1 aliphatic rings. The van der Waals surface area contributed by atoms with Crippen molar-refractivity contribution in [1.29, 1.82) is 0 Å². The van der Waals surface area contributed by atoms with Gasteiger partial charge >= 0.3 is 0 Å². The summed E-state index contributed by atoms with van der Waals surface area (Å²) in [5.41, 5.74) is 0. The largest absolute Gasteiger partial charge is 0.353 e. The highest BCUT2D eigenvalue weighted by molar-refractivity contribution is 5.78. The first-order valence-electron chi connectivity index (χ1n) is 6.20. The van der Waals surface area contributed by atoms with Crippen molar-refractivity contribution in [3.8, 4) is 0 Å². The normalized spacial score (nSPS) is 19.7. The Morgan fingerprint density at radius 3 is 2.20 bits per heavy atom. The molecule has 0 aliphatic carbocycles. The summed E-state index contributed by atoms with van der Waals surface area (Å²) < 4.78 is 0. The molecule has 0 aromatic rings. The van der Waals surface area contributed by atoms with Gasteiger partial charge in [0.2, 0.25) is 5.91 Å². The van der Waals surface area contributed by atoms with Crippen LogP contribution in [0.2, 0.25) is 0 Å². The maximum atomic E-state index is 11.6. The molecule has 0 saturated carbocycles. The molecule has 1 fully saturated rings. The molecule has 15 heavy (non-hydrogen) atoms. The number of nitrogens with one attached hydrogen (secondary N) is 1. The highest BCUT2D eigenvalue weighted by atomic mass is 16.2. The summed E-state index contributed by atoms with van der Waals surface area (Å²) in [6.45, 7) is 6.77. The van der Waals surface area contributed by atoms with Crippen LogP contribution in [-0.4, -0.2) is 36.5 Å². The molecular formula is C12H24N2O. The molecule has 1 rings (SSSR count). The van der Waals surface area contributed by atoms with E-state index < -0.39 is 0 Å². The fraction of sp³-hybridized carbons (Fsp3) is 0.917. The van der Waals surface area contributed by atoms with E-state index >= 15 is 0 Å². The fourth-order valence-corrected chi connectivity index (χ4v) is 2.04. The molecule has 0 spiro atoms. The van der Waals surface area contributed by atoms with Crippen molar-refractivity contribution in [2.24, 2.45) is 0 Å². The molecule has 3 heteroatoms. The zero-order chi connectivity index (χ0) is 11.1. The second kappa shape index (κ2) is 6.83. The monoisotopic (exact) mass is 212 g/mol. The third-order valence-corrected chi connectivity index (χ3v) is 2.77. The summed E-state index contributed by atoms with van der Waals surface area (Å²) in [4.78, 5) is 13.9. The van der Waals surface area contributed by atoms with Crippen molar-refractivity contribution in [3.05, 3.63) is 0 Å². The SMILES string of the molecule is CC(C)NC(=O)CN1CCCCCCC1. The van der Waals surface area contributed by atoms with E-state index in [1.165, 1.54) is 32.1 Å². The van der Waals surface area contributed by atoms with Gasteiger partial charge in [0.05, 0.1) is 6.54 Å². The second-order valence-electron chi connectivity index (χ2n) is 4.77. The first-order chi connectivity index (χ1) is 7.18. The first kappa shape index (κ1) is 12.5. The van der Waals surface area contributed by atoms with Gasteiger partial charge in [-0.25, -0.2) is 0 Å². The van der Waals surface area contributed by atoms with Crippen molar-refractivity contribution in [1.82, 2.24) is 10.2 Å². The minimum atomic E-state index is 0.172. The molecule has 0 aromatic heterocycles. The molecule has 1 amide bonds. The second-order valence-corrected chi connectivity index (χ2v) is 4.77. The van der Waals surface area contributed by atoms with Crippen LogP contribution in [0.5, 0.6) is 0 Å². The van der Waals surface area contributed by atoms with E-state index in [9.17, 15) is 4.79 Å². The van der Waals surface area contributed by atoms with Crippen LogP contribution in [-0.2, 0) is 4.79 Å². The first-order valence-corrected chi connectivity index (χ1v) is 6.20.